The minimum atomic E-state index is -2.78. The number of rotatable bonds is 4. The van der Waals surface area contributed by atoms with Gasteiger partial charge < -0.3 is 4.74 Å². The number of pyridine rings is 1. The molecule has 15 heavy (non-hydrogen) atoms. The Morgan fingerprint density at radius 3 is 2.80 bits per heavy atom. The Bertz CT molecular complexity index is 350. The summed E-state index contributed by atoms with van der Waals surface area (Å²) in [5.41, 5.74) is 0.938. The molecular weight excluding hydrogens is 200 g/mol. The van der Waals surface area contributed by atoms with Crippen LogP contribution in [0.1, 0.15) is 31.7 Å². The summed E-state index contributed by atoms with van der Waals surface area (Å²) in [6.45, 7) is -0.708. The molecule has 1 aliphatic carbocycles. The van der Waals surface area contributed by atoms with Crippen LogP contribution < -0.4 is 4.74 Å². The Kier molecular flexibility index (Phi) is 2.59. The van der Waals surface area contributed by atoms with Crippen molar-refractivity contribution in [3.05, 3.63) is 24.0 Å². The molecule has 2 rings (SSSR count). The number of ether oxygens (including phenoxy) is 1. The van der Waals surface area contributed by atoms with Crippen LogP contribution in [0.3, 0.4) is 0 Å². The van der Waals surface area contributed by atoms with Gasteiger partial charge in [-0.1, -0.05) is 6.92 Å². The lowest BCUT2D eigenvalue weighted by atomic mass is 9.93. The predicted molar refractivity (Wildman–Crippen MR) is 52.1 cm³/mol. The van der Waals surface area contributed by atoms with Crippen molar-refractivity contribution in [3.8, 4) is 5.75 Å². The molecule has 0 aliphatic heterocycles. The maximum atomic E-state index is 12.2. The first-order valence-corrected chi connectivity index (χ1v) is 5.07. The van der Waals surface area contributed by atoms with Crippen LogP contribution in [-0.4, -0.2) is 11.6 Å². The first-order chi connectivity index (χ1) is 7.18. The van der Waals surface area contributed by atoms with Crippen LogP contribution in [0.5, 0.6) is 5.75 Å². The van der Waals surface area contributed by atoms with Gasteiger partial charge in [0.1, 0.15) is 5.75 Å². The van der Waals surface area contributed by atoms with Crippen LogP contribution in [0.2, 0.25) is 0 Å². The van der Waals surface area contributed by atoms with E-state index < -0.39 is 6.61 Å². The van der Waals surface area contributed by atoms with Gasteiger partial charge in [0.2, 0.25) is 0 Å². The molecule has 0 unspecified atom stereocenters. The Morgan fingerprint density at radius 2 is 2.27 bits per heavy atom. The zero-order valence-electron chi connectivity index (χ0n) is 8.54. The molecule has 0 atom stereocenters. The van der Waals surface area contributed by atoms with Gasteiger partial charge in [-0.3, -0.25) is 4.98 Å². The predicted octanol–water partition coefficient (Wildman–Crippen LogP) is 3.12. The molecule has 0 radical (unpaired) electrons. The highest BCUT2D eigenvalue weighted by Crippen LogP contribution is 2.53. The van der Waals surface area contributed by atoms with Crippen molar-refractivity contribution < 1.29 is 13.5 Å². The van der Waals surface area contributed by atoms with Gasteiger partial charge in [0.15, 0.2) is 0 Å². The molecular formula is C11H13F2NO. The van der Waals surface area contributed by atoms with Crippen molar-refractivity contribution >= 4 is 0 Å². The van der Waals surface area contributed by atoms with E-state index in [0.717, 1.165) is 24.8 Å². The second-order valence-corrected chi connectivity index (χ2v) is 3.88. The number of hydrogen-bond acceptors (Lipinski definition) is 2. The summed E-state index contributed by atoms with van der Waals surface area (Å²) >= 11 is 0. The highest BCUT2D eigenvalue weighted by atomic mass is 19.3. The van der Waals surface area contributed by atoms with Crippen molar-refractivity contribution in [2.24, 2.45) is 0 Å². The van der Waals surface area contributed by atoms with Crippen molar-refractivity contribution in [2.75, 3.05) is 0 Å². The van der Waals surface area contributed by atoms with Gasteiger partial charge in [-0.25, -0.2) is 0 Å². The molecule has 0 amide bonds. The molecule has 0 aromatic carbocycles. The van der Waals surface area contributed by atoms with Gasteiger partial charge >= 0.3 is 6.61 Å². The Balaban J connectivity index is 2.30. The lowest BCUT2D eigenvalue weighted by Crippen LogP contribution is -2.11. The lowest BCUT2D eigenvalue weighted by Gasteiger charge is -2.17. The number of nitrogens with zero attached hydrogens (tertiary/aromatic N) is 1. The zero-order valence-corrected chi connectivity index (χ0v) is 8.54. The fraction of sp³-hybridized carbons (Fsp3) is 0.545. The summed E-state index contributed by atoms with van der Waals surface area (Å²) in [6.07, 6.45) is 6.05. The van der Waals surface area contributed by atoms with E-state index in [0.29, 0.717) is 0 Å². The van der Waals surface area contributed by atoms with Crippen molar-refractivity contribution in [1.82, 2.24) is 4.98 Å². The number of hydrogen-bond donors (Lipinski definition) is 0. The largest absolute Gasteiger partial charge is 0.433 e. The first kappa shape index (κ1) is 10.3. The summed E-state index contributed by atoms with van der Waals surface area (Å²) in [6, 6.07) is 1.79. The Labute approximate surface area is 87.3 Å². The molecule has 1 heterocycles. The molecule has 1 aromatic rings. The third kappa shape index (κ3) is 1.94. The second-order valence-electron chi connectivity index (χ2n) is 3.88. The van der Waals surface area contributed by atoms with Gasteiger partial charge in [0.05, 0.1) is 6.20 Å². The normalized spacial score (nSPS) is 17.9. The maximum absolute atomic E-state index is 12.2. The van der Waals surface area contributed by atoms with Crippen molar-refractivity contribution in [1.29, 1.82) is 0 Å². The highest BCUT2D eigenvalue weighted by Gasteiger charge is 2.44. The second kappa shape index (κ2) is 3.76. The van der Waals surface area contributed by atoms with E-state index in [1.54, 1.807) is 12.3 Å². The van der Waals surface area contributed by atoms with Crippen molar-refractivity contribution in [2.45, 2.75) is 38.2 Å². The van der Waals surface area contributed by atoms with E-state index in [2.05, 4.69) is 16.6 Å². The van der Waals surface area contributed by atoms with Crippen LogP contribution in [0.4, 0.5) is 8.78 Å². The maximum Gasteiger partial charge on any atom is 0.387 e. The van der Waals surface area contributed by atoms with Gasteiger partial charge in [-0.05, 0) is 30.7 Å². The van der Waals surface area contributed by atoms with Crippen molar-refractivity contribution in [3.63, 3.8) is 0 Å². The van der Waals surface area contributed by atoms with E-state index in [1.807, 2.05) is 0 Å². The number of halogens is 2. The quantitative estimate of drug-likeness (QED) is 0.766. The van der Waals surface area contributed by atoms with E-state index in [9.17, 15) is 8.78 Å². The van der Waals surface area contributed by atoms with E-state index in [4.69, 9.17) is 0 Å². The van der Waals surface area contributed by atoms with Gasteiger partial charge in [0, 0.05) is 11.8 Å². The topological polar surface area (TPSA) is 22.1 Å². The molecule has 82 valence electrons. The smallest absolute Gasteiger partial charge is 0.387 e. The summed E-state index contributed by atoms with van der Waals surface area (Å²) in [7, 11) is 0. The molecule has 1 fully saturated rings. The fourth-order valence-corrected chi connectivity index (χ4v) is 1.97. The third-order valence-corrected chi connectivity index (χ3v) is 3.10. The average molecular weight is 213 g/mol. The fourth-order valence-electron chi connectivity index (χ4n) is 1.97. The number of alkyl halides is 2. The number of aromatic nitrogens is 1. The average Bonchev–Trinajstić information content (AvgIpc) is 2.98. The molecule has 4 heteroatoms. The lowest BCUT2D eigenvalue weighted by molar-refractivity contribution is -0.0509. The van der Waals surface area contributed by atoms with Gasteiger partial charge in [-0.15, -0.1) is 0 Å². The standard InChI is InChI=1S/C11H13F2NO/c1-2-11(4-5-11)8-3-6-14-7-9(8)15-10(12)13/h3,6-7,10H,2,4-5H2,1H3. The SMILES string of the molecule is CCC1(c2ccncc2OC(F)F)CC1. The summed E-state index contributed by atoms with van der Waals surface area (Å²) < 4.78 is 28.8. The van der Waals surface area contributed by atoms with Crippen LogP contribution in [0.25, 0.3) is 0 Å². The minimum Gasteiger partial charge on any atom is -0.433 e. The highest BCUT2D eigenvalue weighted by molar-refractivity contribution is 5.41. The molecule has 1 aliphatic rings. The summed E-state index contributed by atoms with van der Waals surface area (Å²) in [5.74, 6) is 0.229. The molecule has 0 N–H and O–H groups in total. The van der Waals surface area contributed by atoms with E-state index in [-0.39, 0.29) is 11.2 Å². The molecule has 0 saturated heterocycles. The van der Waals surface area contributed by atoms with Crippen LogP contribution in [-0.2, 0) is 5.41 Å². The van der Waals surface area contributed by atoms with E-state index >= 15 is 0 Å². The Morgan fingerprint density at radius 1 is 1.53 bits per heavy atom. The van der Waals surface area contributed by atoms with E-state index in [1.165, 1.54) is 6.20 Å². The summed E-state index contributed by atoms with van der Waals surface area (Å²) in [4.78, 5) is 3.82. The first-order valence-electron chi connectivity index (χ1n) is 5.07. The van der Waals surface area contributed by atoms with Crippen LogP contribution in [0, 0.1) is 0 Å². The Hall–Kier alpha value is -1.19. The van der Waals surface area contributed by atoms with Crippen LogP contribution >= 0.6 is 0 Å². The molecule has 0 bridgehead atoms. The van der Waals surface area contributed by atoms with Crippen LogP contribution in [0.15, 0.2) is 18.5 Å². The monoisotopic (exact) mass is 213 g/mol. The minimum absolute atomic E-state index is 0.0627. The zero-order chi connectivity index (χ0) is 10.9. The van der Waals surface area contributed by atoms with Gasteiger partial charge in [0.25, 0.3) is 0 Å². The third-order valence-electron chi connectivity index (χ3n) is 3.10. The molecule has 2 nitrogen and oxygen atoms in total. The molecule has 0 spiro atoms. The van der Waals surface area contributed by atoms with Gasteiger partial charge in [-0.2, -0.15) is 8.78 Å². The molecule has 1 aromatic heterocycles. The summed E-state index contributed by atoms with van der Waals surface area (Å²) in [5, 5.41) is 0. The molecule has 1 saturated carbocycles.